The van der Waals surface area contributed by atoms with E-state index < -0.39 is 11.0 Å². The molecule has 0 heterocycles. The summed E-state index contributed by atoms with van der Waals surface area (Å²) in [6.07, 6.45) is 2.91. The lowest BCUT2D eigenvalue weighted by atomic mass is 9.60. The molecule has 1 saturated carbocycles. The Morgan fingerprint density at radius 2 is 2.20 bits per heavy atom. The first kappa shape index (κ1) is 17.3. The van der Waals surface area contributed by atoms with Crippen molar-refractivity contribution in [2.75, 3.05) is 11.5 Å². The van der Waals surface area contributed by atoms with Crippen molar-refractivity contribution in [3.8, 4) is 11.8 Å². The smallest absolute Gasteiger partial charge is 0.134 e. The lowest BCUT2D eigenvalue weighted by Crippen LogP contribution is -2.53. The number of ketones is 1. The van der Waals surface area contributed by atoms with E-state index in [0.29, 0.717) is 12.8 Å². The summed E-state index contributed by atoms with van der Waals surface area (Å²) in [5, 5.41) is 10.9. The molecule has 0 aliphatic heterocycles. The van der Waals surface area contributed by atoms with Gasteiger partial charge < -0.3 is 5.11 Å². The second-order valence-electron chi connectivity index (χ2n) is 6.27. The first-order valence-corrected chi connectivity index (χ1v) is 8.40. The molecule has 2 atom stereocenters. The highest BCUT2D eigenvalue weighted by molar-refractivity contribution is 7.99. The molecule has 1 rings (SSSR count). The van der Waals surface area contributed by atoms with Crippen LogP contribution in [0.15, 0.2) is 11.6 Å². The maximum atomic E-state index is 11.7. The van der Waals surface area contributed by atoms with Crippen molar-refractivity contribution in [1.29, 1.82) is 0 Å². The molecule has 0 saturated heterocycles. The topological polar surface area (TPSA) is 37.3 Å². The number of aliphatic hydroxyl groups is 1. The van der Waals surface area contributed by atoms with Crippen LogP contribution in [0.2, 0.25) is 0 Å². The monoisotopic (exact) mass is 294 g/mol. The number of hydrogen-bond acceptors (Lipinski definition) is 3. The quantitative estimate of drug-likeness (QED) is 0.640. The van der Waals surface area contributed by atoms with E-state index in [-0.39, 0.29) is 11.7 Å². The lowest BCUT2D eigenvalue weighted by Gasteiger charge is -2.46. The molecular formula is C17H26O2S. The van der Waals surface area contributed by atoms with Gasteiger partial charge in [-0.3, -0.25) is 4.79 Å². The number of carbonyl (C=O) groups is 1. The third-order valence-electron chi connectivity index (χ3n) is 4.08. The highest BCUT2D eigenvalue weighted by atomic mass is 32.2. The maximum absolute atomic E-state index is 11.7. The van der Waals surface area contributed by atoms with Crippen LogP contribution in [0.5, 0.6) is 0 Å². The fraction of sp³-hybridized carbons (Fsp3) is 0.706. The van der Waals surface area contributed by atoms with Crippen LogP contribution in [0.4, 0.5) is 0 Å². The average Bonchev–Trinajstić information content (AvgIpc) is 2.33. The molecule has 0 aromatic heterocycles. The van der Waals surface area contributed by atoms with E-state index in [1.807, 2.05) is 39.5 Å². The minimum absolute atomic E-state index is 0.121. The third kappa shape index (κ3) is 3.90. The van der Waals surface area contributed by atoms with E-state index in [1.165, 1.54) is 0 Å². The van der Waals surface area contributed by atoms with E-state index in [2.05, 4.69) is 24.8 Å². The summed E-state index contributed by atoms with van der Waals surface area (Å²) >= 11 is 1.85. The second-order valence-corrected chi connectivity index (χ2v) is 7.59. The molecule has 0 unspecified atom stereocenters. The third-order valence-corrected chi connectivity index (χ3v) is 4.89. The SMILES string of the molecule is CCSCC=C(C)C#C[C@@]1(O)[C@@H](C)CC(=O)CC1(C)C. The standard InChI is InChI=1S/C17H26O2S/c1-6-20-10-8-13(2)7-9-17(19)14(3)11-15(18)12-16(17,4)5/h8,14,19H,6,10-12H2,1-5H3/t14-,17+/m0/s1. The van der Waals surface area contributed by atoms with E-state index in [1.54, 1.807) is 0 Å². The summed E-state index contributed by atoms with van der Waals surface area (Å²) in [6, 6.07) is 0. The molecule has 0 amide bonds. The van der Waals surface area contributed by atoms with Gasteiger partial charge in [0.05, 0.1) is 0 Å². The summed E-state index contributed by atoms with van der Waals surface area (Å²) in [5.74, 6) is 8.29. The van der Waals surface area contributed by atoms with Crippen molar-refractivity contribution in [2.24, 2.45) is 11.3 Å². The van der Waals surface area contributed by atoms with Crippen LogP contribution < -0.4 is 0 Å². The summed E-state index contributed by atoms with van der Waals surface area (Å²) in [7, 11) is 0. The molecule has 1 fully saturated rings. The molecule has 0 radical (unpaired) electrons. The largest absolute Gasteiger partial charge is 0.377 e. The van der Waals surface area contributed by atoms with Gasteiger partial charge >= 0.3 is 0 Å². The van der Waals surface area contributed by atoms with Gasteiger partial charge in [0.1, 0.15) is 11.4 Å². The van der Waals surface area contributed by atoms with E-state index >= 15 is 0 Å². The molecule has 2 nitrogen and oxygen atoms in total. The van der Waals surface area contributed by atoms with Crippen LogP contribution >= 0.6 is 11.8 Å². The van der Waals surface area contributed by atoms with Crippen LogP contribution in [0.3, 0.4) is 0 Å². The van der Waals surface area contributed by atoms with Gasteiger partial charge in [0.2, 0.25) is 0 Å². The predicted molar refractivity (Wildman–Crippen MR) is 86.7 cm³/mol. The number of Topliss-reactive ketones (excluding diaryl/α,β-unsaturated/α-hetero) is 1. The Balaban J connectivity index is 2.93. The van der Waals surface area contributed by atoms with Crippen molar-refractivity contribution in [3.63, 3.8) is 0 Å². The number of thioether (sulfide) groups is 1. The van der Waals surface area contributed by atoms with Crippen LogP contribution in [-0.2, 0) is 4.79 Å². The first-order chi connectivity index (χ1) is 9.23. The average molecular weight is 294 g/mol. The lowest BCUT2D eigenvalue weighted by molar-refractivity contribution is -0.140. The van der Waals surface area contributed by atoms with Crippen molar-refractivity contribution in [3.05, 3.63) is 11.6 Å². The van der Waals surface area contributed by atoms with Gasteiger partial charge in [0.25, 0.3) is 0 Å². The molecule has 0 spiro atoms. The zero-order valence-corrected chi connectivity index (χ0v) is 14.1. The highest BCUT2D eigenvalue weighted by Gasteiger charge is 2.51. The number of allylic oxidation sites excluding steroid dienone is 1. The second kappa shape index (κ2) is 6.83. The van der Waals surface area contributed by atoms with Crippen molar-refractivity contribution in [2.45, 2.75) is 53.1 Å². The van der Waals surface area contributed by atoms with E-state index in [9.17, 15) is 9.90 Å². The minimum Gasteiger partial charge on any atom is -0.377 e. The fourth-order valence-electron chi connectivity index (χ4n) is 2.70. The van der Waals surface area contributed by atoms with Gasteiger partial charge in [-0.2, -0.15) is 11.8 Å². The molecule has 20 heavy (non-hydrogen) atoms. The molecular weight excluding hydrogens is 268 g/mol. The van der Waals surface area contributed by atoms with Gasteiger partial charge in [0, 0.05) is 29.9 Å². The van der Waals surface area contributed by atoms with Gasteiger partial charge in [0.15, 0.2) is 0 Å². The van der Waals surface area contributed by atoms with Gasteiger partial charge in [-0.1, -0.05) is 45.6 Å². The molecule has 1 N–H and O–H groups in total. The van der Waals surface area contributed by atoms with E-state index in [4.69, 9.17) is 0 Å². The summed E-state index contributed by atoms with van der Waals surface area (Å²) in [4.78, 5) is 11.7. The van der Waals surface area contributed by atoms with Gasteiger partial charge in [-0.25, -0.2) is 0 Å². The minimum atomic E-state index is -1.09. The molecule has 1 aliphatic carbocycles. The molecule has 0 aromatic carbocycles. The van der Waals surface area contributed by atoms with Crippen LogP contribution in [0.1, 0.15) is 47.5 Å². The van der Waals surface area contributed by atoms with Gasteiger partial charge in [-0.15, -0.1) is 0 Å². The summed E-state index contributed by atoms with van der Waals surface area (Å²) < 4.78 is 0. The molecule has 3 heteroatoms. The number of hydrogen-bond donors (Lipinski definition) is 1. The van der Waals surface area contributed by atoms with Crippen molar-refractivity contribution in [1.82, 2.24) is 0 Å². The summed E-state index contributed by atoms with van der Waals surface area (Å²) in [5.41, 5.74) is -0.597. The Kier molecular flexibility index (Phi) is 5.91. The summed E-state index contributed by atoms with van der Waals surface area (Å²) in [6.45, 7) is 9.88. The normalized spacial score (nSPS) is 29.8. The highest BCUT2D eigenvalue weighted by Crippen LogP contribution is 2.45. The van der Waals surface area contributed by atoms with Crippen molar-refractivity contribution >= 4 is 17.5 Å². The van der Waals surface area contributed by atoms with Crippen LogP contribution in [0, 0.1) is 23.2 Å². The Morgan fingerprint density at radius 3 is 2.75 bits per heavy atom. The first-order valence-electron chi connectivity index (χ1n) is 7.24. The van der Waals surface area contributed by atoms with Gasteiger partial charge in [-0.05, 0) is 18.2 Å². The molecule has 0 bridgehead atoms. The van der Waals surface area contributed by atoms with E-state index in [0.717, 1.165) is 17.1 Å². The Hall–Kier alpha value is -0.720. The number of rotatable bonds is 3. The fourth-order valence-corrected chi connectivity index (χ4v) is 3.30. The Labute approximate surface area is 127 Å². The van der Waals surface area contributed by atoms with Crippen molar-refractivity contribution < 1.29 is 9.90 Å². The maximum Gasteiger partial charge on any atom is 0.134 e. The predicted octanol–water partition coefficient (Wildman–Crippen LogP) is 3.45. The zero-order valence-electron chi connectivity index (χ0n) is 13.2. The Bertz CT molecular complexity index is 453. The molecule has 112 valence electrons. The number of carbonyl (C=O) groups excluding carboxylic acids is 1. The van der Waals surface area contributed by atoms with Crippen LogP contribution in [-0.4, -0.2) is 28.0 Å². The zero-order chi connectivity index (χ0) is 15.4. The molecule has 0 aromatic rings. The Morgan fingerprint density at radius 1 is 1.55 bits per heavy atom. The molecule has 1 aliphatic rings. The van der Waals surface area contributed by atoms with Crippen LogP contribution in [0.25, 0.3) is 0 Å².